The Kier molecular flexibility index (Phi) is 5.53. The standard InChI is InChI=1S/C19H24ClN3O3/c1-4-15-11-22(9-10-23(15)12(2)3)18-16(19(24)25)17(26-21-18)13-5-7-14(20)8-6-13/h5-8,12,15H,4,9-11H2,1-3H3,(H,24,25). The van der Waals surface area contributed by atoms with Crippen LogP contribution in [0.2, 0.25) is 5.02 Å². The van der Waals surface area contributed by atoms with Gasteiger partial charge in [0.2, 0.25) is 0 Å². The van der Waals surface area contributed by atoms with Crippen LogP contribution >= 0.6 is 11.6 Å². The number of anilines is 1. The lowest BCUT2D eigenvalue weighted by Gasteiger charge is -2.43. The molecule has 1 atom stereocenters. The van der Waals surface area contributed by atoms with Crippen LogP contribution in [-0.2, 0) is 0 Å². The molecule has 1 N–H and O–H groups in total. The molecule has 2 aromatic rings. The minimum Gasteiger partial charge on any atom is -0.477 e. The van der Waals surface area contributed by atoms with Gasteiger partial charge in [-0.3, -0.25) is 4.90 Å². The Morgan fingerprint density at radius 3 is 2.62 bits per heavy atom. The molecule has 1 fully saturated rings. The van der Waals surface area contributed by atoms with Crippen LogP contribution in [0.4, 0.5) is 5.82 Å². The van der Waals surface area contributed by atoms with Crippen molar-refractivity contribution in [3.63, 3.8) is 0 Å². The van der Waals surface area contributed by atoms with Crippen LogP contribution in [0.15, 0.2) is 28.8 Å². The van der Waals surface area contributed by atoms with Gasteiger partial charge in [0, 0.05) is 42.3 Å². The molecule has 6 nitrogen and oxygen atoms in total. The molecule has 1 saturated heterocycles. The highest BCUT2D eigenvalue weighted by Crippen LogP contribution is 2.33. The molecule has 0 aliphatic carbocycles. The van der Waals surface area contributed by atoms with Gasteiger partial charge in [0.25, 0.3) is 0 Å². The minimum absolute atomic E-state index is 0.111. The summed E-state index contributed by atoms with van der Waals surface area (Å²) >= 11 is 5.92. The lowest BCUT2D eigenvalue weighted by Crippen LogP contribution is -2.55. The van der Waals surface area contributed by atoms with Crippen molar-refractivity contribution in [1.82, 2.24) is 10.1 Å². The number of aromatic carboxylic acids is 1. The number of nitrogens with zero attached hydrogens (tertiary/aromatic N) is 3. The van der Waals surface area contributed by atoms with Crippen molar-refractivity contribution >= 4 is 23.4 Å². The van der Waals surface area contributed by atoms with Crippen LogP contribution in [-0.4, -0.2) is 52.9 Å². The maximum atomic E-state index is 11.9. The number of carboxylic acid groups (broad SMARTS) is 1. The average Bonchev–Trinajstić information content (AvgIpc) is 3.07. The van der Waals surface area contributed by atoms with Crippen LogP contribution in [0, 0.1) is 0 Å². The van der Waals surface area contributed by atoms with E-state index in [-0.39, 0.29) is 11.3 Å². The SMILES string of the molecule is CCC1CN(c2noc(-c3ccc(Cl)cc3)c2C(=O)O)CCN1C(C)C. The number of hydrogen-bond acceptors (Lipinski definition) is 5. The molecule has 1 aromatic heterocycles. The summed E-state index contributed by atoms with van der Waals surface area (Å²) < 4.78 is 5.45. The van der Waals surface area contributed by atoms with E-state index in [9.17, 15) is 9.90 Å². The fourth-order valence-corrected chi connectivity index (χ4v) is 3.72. The molecule has 1 aromatic carbocycles. The summed E-state index contributed by atoms with van der Waals surface area (Å²) in [6.07, 6.45) is 0.999. The predicted molar refractivity (Wildman–Crippen MR) is 102 cm³/mol. The molecular formula is C19H24ClN3O3. The first kappa shape index (κ1) is 18.7. The zero-order valence-electron chi connectivity index (χ0n) is 15.3. The smallest absolute Gasteiger partial charge is 0.343 e. The van der Waals surface area contributed by atoms with Gasteiger partial charge in [0.15, 0.2) is 17.1 Å². The van der Waals surface area contributed by atoms with E-state index in [2.05, 4.69) is 30.8 Å². The Balaban J connectivity index is 1.94. The van der Waals surface area contributed by atoms with Crippen LogP contribution in [0.3, 0.4) is 0 Å². The second-order valence-corrected chi connectivity index (χ2v) is 7.30. The van der Waals surface area contributed by atoms with Crippen LogP contribution < -0.4 is 4.90 Å². The van der Waals surface area contributed by atoms with Crippen molar-refractivity contribution in [2.45, 2.75) is 39.3 Å². The maximum absolute atomic E-state index is 11.9. The summed E-state index contributed by atoms with van der Waals surface area (Å²) in [5, 5.41) is 14.5. The fraction of sp³-hybridized carbons (Fsp3) is 0.474. The monoisotopic (exact) mass is 377 g/mol. The van der Waals surface area contributed by atoms with Gasteiger partial charge in [-0.25, -0.2) is 4.79 Å². The third-order valence-corrected chi connectivity index (χ3v) is 5.21. The number of carbonyl (C=O) groups is 1. The van der Waals surface area contributed by atoms with E-state index < -0.39 is 5.97 Å². The number of halogens is 1. The van der Waals surface area contributed by atoms with Gasteiger partial charge in [0.05, 0.1) is 0 Å². The molecule has 0 amide bonds. The van der Waals surface area contributed by atoms with Crippen molar-refractivity contribution in [2.24, 2.45) is 0 Å². The normalized spacial score (nSPS) is 18.5. The first-order chi connectivity index (χ1) is 12.4. The van der Waals surface area contributed by atoms with E-state index >= 15 is 0 Å². The third-order valence-electron chi connectivity index (χ3n) is 4.96. The van der Waals surface area contributed by atoms with Crippen LogP contribution in [0.1, 0.15) is 37.6 Å². The summed E-state index contributed by atoms with van der Waals surface area (Å²) in [4.78, 5) is 16.4. The Labute approximate surface area is 158 Å². The first-order valence-corrected chi connectivity index (χ1v) is 9.29. The Morgan fingerprint density at radius 1 is 1.35 bits per heavy atom. The minimum atomic E-state index is -1.04. The number of benzene rings is 1. The summed E-state index contributed by atoms with van der Waals surface area (Å²) in [6, 6.07) is 7.72. The number of hydrogen-bond donors (Lipinski definition) is 1. The number of aromatic nitrogens is 1. The van der Waals surface area contributed by atoms with Gasteiger partial charge in [0.1, 0.15) is 0 Å². The Hall–Kier alpha value is -2.05. The topological polar surface area (TPSA) is 69.8 Å². The second-order valence-electron chi connectivity index (χ2n) is 6.86. The highest BCUT2D eigenvalue weighted by Gasteiger charge is 2.33. The van der Waals surface area contributed by atoms with Crippen LogP contribution in [0.5, 0.6) is 0 Å². The molecule has 0 saturated carbocycles. The average molecular weight is 378 g/mol. The second kappa shape index (κ2) is 7.68. The van der Waals surface area contributed by atoms with Crippen molar-refractivity contribution < 1.29 is 14.4 Å². The van der Waals surface area contributed by atoms with Crippen molar-refractivity contribution in [1.29, 1.82) is 0 Å². The van der Waals surface area contributed by atoms with Gasteiger partial charge >= 0.3 is 5.97 Å². The molecule has 0 bridgehead atoms. The Bertz CT molecular complexity index is 773. The third kappa shape index (κ3) is 3.57. The predicted octanol–water partition coefficient (Wildman–Crippen LogP) is 4.00. The molecule has 1 aliphatic rings. The maximum Gasteiger partial charge on any atom is 0.343 e. The zero-order valence-corrected chi connectivity index (χ0v) is 16.0. The van der Waals surface area contributed by atoms with Gasteiger partial charge < -0.3 is 14.5 Å². The van der Waals surface area contributed by atoms with E-state index in [1.54, 1.807) is 24.3 Å². The van der Waals surface area contributed by atoms with Gasteiger partial charge in [-0.1, -0.05) is 23.7 Å². The van der Waals surface area contributed by atoms with Gasteiger partial charge in [-0.2, -0.15) is 0 Å². The number of rotatable bonds is 5. The molecule has 0 radical (unpaired) electrons. The molecule has 1 aliphatic heterocycles. The fourth-order valence-electron chi connectivity index (χ4n) is 3.59. The summed E-state index contributed by atoms with van der Waals surface area (Å²) in [7, 11) is 0. The largest absolute Gasteiger partial charge is 0.477 e. The quantitative estimate of drug-likeness (QED) is 0.849. The molecule has 0 spiro atoms. The van der Waals surface area contributed by atoms with Crippen LogP contribution in [0.25, 0.3) is 11.3 Å². The summed E-state index contributed by atoms with van der Waals surface area (Å²) in [6.45, 7) is 8.87. The van der Waals surface area contributed by atoms with E-state index in [4.69, 9.17) is 16.1 Å². The molecule has 140 valence electrons. The van der Waals surface area contributed by atoms with E-state index in [1.807, 2.05) is 4.90 Å². The highest BCUT2D eigenvalue weighted by molar-refractivity contribution is 6.30. The molecule has 2 heterocycles. The molecule has 3 rings (SSSR count). The van der Waals surface area contributed by atoms with E-state index in [1.165, 1.54) is 0 Å². The van der Waals surface area contributed by atoms with E-state index in [0.29, 0.717) is 28.5 Å². The van der Waals surface area contributed by atoms with Gasteiger partial charge in [-0.05, 0) is 44.5 Å². The number of piperazine rings is 1. The summed E-state index contributed by atoms with van der Waals surface area (Å²) in [5.74, 6) is -0.363. The molecular weight excluding hydrogens is 354 g/mol. The van der Waals surface area contributed by atoms with Crippen molar-refractivity contribution in [3.05, 3.63) is 34.9 Å². The Morgan fingerprint density at radius 2 is 2.04 bits per heavy atom. The number of carboxylic acids is 1. The lowest BCUT2D eigenvalue weighted by molar-refractivity contribution is 0.0697. The van der Waals surface area contributed by atoms with Crippen molar-refractivity contribution in [2.75, 3.05) is 24.5 Å². The molecule has 1 unspecified atom stereocenters. The van der Waals surface area contributed by atoms with E-state index in [0.717, 1.165) is 26.1 Å². The first-order valence-electron chi connectivity index (χ1n) is 8.92. The zero-order chi connectivity index (χ0) is 18.8. The molecule has 26 heavy (non-hydrogen) atoms. The molecule has 7 heteroatoms. The lowest BCUT2D eigenvalue weighted by atomic mass is 10.0. The van der Waals surface area contributed by atoms with Crippen molar-refractivity contribution in [3.8, 4) is 11.3 Å². The van der Waals surface area contributed by atoms with Gasteiger partial charge in [-0.15, -0.1) is 0 Å². The highest BCUT2D eigenvalue weighted by atomic mass is 35.5. The summed E-state index contributed by atoms with van der Waals surface area (Å²) in [5.41, 5.74) is 0.763.